The van der Waals surface area contributed by atoms with Gasteiger partial charge in [0.1, 0.15) is 0 Å². The number of nitriles is 2. The van der Waals surface area contributed by atoms with Crippen molar-refractivity contribution < 1.29 is 4.79 Å². The average molecular weight is 344 g/mol. The van der Waals surface area contributed by atoms with E-state index in [2.05, 4.69) is 33.0 Å². The number of hydrogen-bond acceptors (Lipinski definition) is 5. The van der Waals surface area contributed by atoms with Crippen LogP contribution in [0.3, 0.4) is 0 Å². The van der Waals surface area contributed by atoms with E-state index in [-0.39, 0.29) is 5.91 Å². The van der Waals surface area contributed by atoms with Gasteiger partial charge in [-0.2, -0.15) is 15.6 Å². The summed E-state index contributed by atoms with van der Waals surface area (Å²) >= 11 is 0. The Morgan fingerprint density at radius 3 is 2.42 bits per heavy atom. The quantitative estimate of drug-likeness (QED) is 0.791. The molecule has 0 bridgehead atoms. The smallest absolute Gasteiger partial charge is 0.256 e. The summed E-state index contributed by atoms with van der Waals surface area (Å²) in [7, 11) is 0. The first kappa shape index (κ1) is 17.0. The van der Waals surface area contributed by atoms with Crippen LogP contribution in [0.5, 0.6) is 0 Å². The van der Waals surface area contributed by atoms with Gasteiger partial charge in [0.15, 0.2) is 5.82 Å². The lowest BCUT2D eigenvalue weighted by Gasteiger charge is -2.26. The molecule has 1 aromatic carbocycles. The van der Waals surface area contributed by atoms with Gasteiger partial charge in [-0.05, 0) is 31.5 Å². The van der Waals surface area contributed by atoms with Crippen LogP contribution < -0.4 is 10.6 Å². The zero-order valence-corrected chi connectivity index (χ0v) is 14.3. The molecule has 0 unspecified atom stereocenters. The third-order valence-electron chi connectivity index (χ3n) is 4.23. The largest absolute Gasteiger partial charge is 0.361 e. The monoisotopic (exact) mass is 344 g/mol. The van der Waals surface area contributed by atoms with Crippen LogP contribution in [0, 0.1) is 22.7 Å². The van der Waals surface area contributed by atoms with Crippen LogP contribution in [-0.2, 0) is 0 Å². The first-order valence-electron chi connectivity index (χ1n) is 7.95. The van der Waals surface area contributed by atoms with Crippen LogP contribution in [0.25, 0.3) is 0 Å². The number of dihydropyridines is 1. The van der Waals surface area contributed by atoms with Crippen molar-refractivity contribution in [3.63, 3.8) is 0 Å². The fourth-order valence-corrected chi connectivity index (χ4v) is 3.00. The van der Waals surface area contributed by atoms with Gasteiger partial charge in [-0.1, -0.05) is 12.1 Å². The Kier molecular flexibility index (Phi) is 4.55. The van der Waals surface area contributed by atoms with Gasteiger partial charge in [0.25, 0.3) is 5.91 Å². The number of hydrogen-bond donors (Lipinski definition) is 3. The fourth-order valence-electron chi connectivity index (χ4n) is 3.00. The van der Waals surface area contributed by atoms with Crippen LogP contribution in [0.4, 0.5) is 5.82 Å². The maximum Gasteiger partial charge on any atom is 0.256 e. The molecule has 0 saturated heterocycles. The van der Waals surface area contributed by atoms with E-state index in [1.165, 1.54) is 0 Å². The fraction of sp³-hybridized carbons (Fsp3) is 0.158. The highest BCUT2D eigenvalue weighted by molar-refractivity contribution is 6.03. The maximum absolute atomic E-state index is 12.4. The Bertz CT molecular complexity index is 965. The molecular formula is C19H16N6O. The van der Waals surface area contributed by atoms with Crippen LogP contribution in [-0.4, -0.2) is 16.1 Å². The number of rotatable bonds is 3. The summed E-state index contributed by atoms with van der Waals surface area (Å²) in [4.78, 5) is 12.4. The van der Waals surface area contributed by atoms with Crippen molar-refractivity contribution >= 4 is 11.7 Å². The minimum absolute atomic E-state index is 0.314. The number of allylic oxidation sites excluding steroid dienone is 4. The second-order valence-electron chi connectivity index (χ2n) is 5.90. The molecule has 0 atom stereocenters. The number of aromatic amines is 1. The summed E-state index contributed by atoms with van der Waals surface area (Å²) in [5.74, 6) is -0.389. The highest BCUT2D eigenvalue weighted by Gasteiger charge is 2.29. The molecule has 0 saturated carbocycles. The Morgan fingerprint density at radius 1 is 1.15 bits per heavy atom. The molecular weight excluding hydrogens is 328 g/mol. The van der Waals surface area contributed by atoms with E-state index in [0.717, 1.165) is 0 Å². The SMILES string of the molecule is CC1=C(C#N)C(c2cccc(C(=O)Nc3cc[nH]n3)c2)C(C#N)=C(C)N1. The minimum atomic E-state index is -0.496. The molecule has 1 aromatic heterocycles. The van der Waals surface area contributed by atoms with Crippen molar-refractivity contribution in [3.05, 3.63) is 70.2 Å². The molecule has 0 aliphatic carbocycles. The normalized spacial score (nSPS) is 14.5. The third-order valence-corrected chi connectivity index (χ3v) is 4.23. The van der Waals surface area contributed by atoms with Crippen LogP contribution in [0.15, 0.2) is 59.1 Å². The highest BCUT2D eigenvalue weighted by atomic mass is 16.1. The Hall–Kier alpha value is -3.84. The van der Waals surface area contributed by atoms with Crippen molar-refractivity contribution in [2.75, 3.05) is 5.32 Å². The molecule has 0 fully saturated rings. The number of amides is 1. The number of anilines is 1. The van der Waals surface area contributed by atoms with E-state index in [1.54, 1.807) is 44.3 Å². The lowest BCUT2D eigenvalue weighted by atomic mass is 9.81. The molecule has 7 nitrogen and oxygen atoms in total. The van der Waals surface area contributed by atoms with Crippen LogP contribution in [0.2, 0.25) is 0 Å². The summed E-state index contributed by atoms with van der Waals surface area (Å²) in [5.41, 5.74) is 3.50. The molecule has 3 N–H and O–H groups in total. The molecule has 1 aliphatic rings. The van der Waals surface area contributed by atoms with E-state index < -0.39 is 5.92 Å². The number of aromatic nitrogens is 2. The number of carbonyl (C=O) groups excluding carboxylic acids is 1. The van der Waals surface area contributed by atoms with Crippen LogP contribution in [0.1, 0.15) is 35.7 Å². The molecule has 3 rings (SSSR count). The molecule has 128 valence electrons. The van der Waals surface area contributed by atoms with Crippen molar-refractivity contribution in [2.45, 2.75) is 19.8 Å². The Balaban J connectivity index is 2.01. The van der Waals surface area contributed by atoms with Crippen molar-refractivity contribution in [1.82, 2.24) is 15.5 Å². The van der Waals surface area contributed by atoms with Gasteiger partial charge >= 0.3 is 0 Å². The molecule has 7 heteroatoms. The molecule has 0 radical (unpaired) electrons. The number of nitrogens with zero attached hydrogens (tertiary/aromatic N) is 3. The Labute approximate surface area is 150 Å². The lowest BCUT2D eigenvalue weighted by Crippen LogP contribution is -2.23. The standard InChI is InChI=1S/C19H16N6O/c1-11-15(9-20)18(16(10-21)12(2)23-11)13-4-3-5-14(8-13)19(26)24-17-6-7-22-25-17/h3-8,18,23H,1-2H3,(H2,22,24,25,26). The average Bonchev–Trinajstić information content (AvgIpc) is 3.14. The molecule has 0 spiro atoms. The predicted molar refractivity (Wildman–Crippen MR) is 95.5 cm³/mol. The van der Waals surface area contributed by atoms with Gasteiger partial charge in [0, 0.05) is 29.2 Å². The van der Waals surface area contributed by atoms with Crippen molar-refractivity contribution in [2.24, 2.45) is 0 Å². The minimum Gasteiger partial charge on any atom is -0.361 e. The Morgan fingerprint density at radius 2 is 1.85 bits per heavy atom. The number of nitrogens with one attached hydrogen (secondary N) is 3. The van der Waals surface area contributed by atoms with Gasteiger partial charge in [-0.3, -0.25) is 9.89 Å². The first-order chi connectivity index (χ1) is 12.5. The van der Waals surface area contributed by atoms with E-state index in [4.69, 9.17) is 0 Å². The van der Waals surface area contributed by atoms with E-state index in [1.807, 2.05) is 6.07 Å². The molecule has 1 amide bonds. The summed E-state index contributed by atoms with van der Waals surface area (Å²) in [6, 6.07) is 13.0. The zero-order valence-electron chi connectivity index (χ0n) is 14.3. The highest BCUT2D eigenvalue weighted by Crippen LogP contribution is 2.37. The molecule has 26 heavy (non-hydrogen) atoms. The molecule has 2 heterocycles. The van der Waals surface area contributed by atoms with Crippen molar-refractivity contribution in [3.8, 4) is 12.1 Å². The maximum atomic E-state index is 12.4. The van der Waals surface area contributed by atoms with Gasteiger partial charge < -0.3 is 10.6 Å². The topological polar surface area (TPSA) is 117 Å². The van der Waals surface area contributed by atoms with Crippen LogP contribution >= 0.6 is 0 Å². The first-order valence-corrected chi connectivity index (χ1v) is 7.95. The van der Waals surface area contributed by atoms with Gasteiger partial charge in [0.2, 0.25) is 0 Å². The molecule has 2 aromatic rings. The van der Waals surface area contributed by atoms with Gasteiger partial charge in [0.05, 0.1) is 29.2 Å². The predicted octanol–water partition coefficient (Wildman–Crippen LogP) is 2.94. The summed E-state index contributed by atoms with van der Waals surface area (Å²) in [6.45, 7) is 3.61. The molecule has 1 aliphatic heterocycles. The second kappa shape index (κ2) is 6.96. The third kappa shape index (κ3) is 3.06. The second-order valence-corrected chi connectivity index (χ2v) is 5.90. The lowest BCUT2D eigenvalue weighted by molar-refractivity contribution is 0.102. The summed E-state index contributed by atoms with van der Waals surface area (Å²) in [6.07, 6.45) is 1.61. The summed E-state index contributed by atoms with van der Waals surface area (Å²) in [5, 5.41) is 31.4. The van der Waals surface area contributed by atoms with E-state index in [9.17, 15) is 15.3 Å². The number of benzene rings is 1. The van der Waals surface area contributed by atoms with Gasteiger partial charge in [-0.15, -0.1) is 0 Å². The zero-order chi connectivity index (χ0) is 18.7. The summed E-state index contributed by atoms with van der Waals surface area (Å²) < 4.78 is 0. The van der Waals surface area contributed by atoms with Gasteiger partial charge in [-0.25, -0.2) is 0 Å². The number of carbonyl (C=O) groups is 1. The van der Waals surface area contributed by atoms with E-state index >= 15 is 0 Å². The van der Waals surface area contributed by atoms with E-state index in [0.29, 0.717) is 39.5 Å². The van der Waals surface area contributed by atoms with Crippen molar-refractivity contribution in [1.29, 1.82) is 10.5 Å². The number of H-pyrrole nitrogens is 1.